The molecule has 0 saturated heterocycles. The number of phenols is 1. The number of amides is 1. The van der Waals surface area contributed by atoms with Gasteiger partial charge in [0.05, 0.1) is 0 Å². The Balaban J connectivity index is 2.99. The Morgan fingerprint density at radius 2 is 1.83 bits per heavy atom. The Hall–Kier alpha value is -1.92. The minimum Gasteiger partial charge on any atom is -0.505 e. The van der Waals surface area contributed by atoms with Crippen LogP contribution in [0.2, 0.25) is 0 Å². The van der Waals surface area contributed by atoms with Crippen molar-refractivity contribution < 1.29 is 27.8 Å². The molecule has 0 radical (unpaired) electrons. The zero-order chi connectivity index (χ0) is 14.1. The predicted molar refractivity (Wildman–Crippen MR) is 57.8 cm³/mol. The summed E-state index contributed by atoms with van der Waals surface area (Å²) in [6.07, 6.45) is -1.13. The second kappa shape index (κ2) is 4.75. The van der Waals surface area contributed by atoms with Crippen LogP contribution in [0.25, 0.3) is 0 Å². The molecule has 18 heavy (non-hydrogen) atoms. The number of hydrogen-bond donors (Lipinski definition) is 2. The highest BCUT2D eigenvalue weighted by atomic mass is 19.2. The van der Waals surface area contributed by atoms with Crippen LogP contribution in [0, 0.1) is 17.5 Å². The van der Waals surface area contributed by atoms with Gasteiger partial charge in [0.25, 0.3) is 0 Å². The first-order valence-corrected chi connectivity index (χ1v) is 4.98. The van der Waals surface area contributed by atoms with E-state index in [1.54, 1.807) is 26.1 Å². The summed E-state index contributed by atoms with van der Waals surface area (Å²) in [5.74, 6) is -5.84. The third-order valence-corrected chi connectivity index (χ3v) is 1.77. The number of halogens is 3. The van der Waals surface area contributed by atoms with Crippen LogP contribution >= 0.6 is 0 Å². The Labute approximate surface area is 101 Å². The lowest BCUT2D eigenvalue weighted by Crippen LogP contribution is -2.28. The highest BCUT2D eigenvalue weighted by Crippen LogP contribution is 2.28. The van der Waals surface area contributed by atoms with Crippen molar-refractivity contribution in [1.82, 2.24) is 0 Å². The average molecular weight is 263 g/mol. The first-order chi connectivity index (χ1) is 8.11. The lowest BCUT2D eigenvalue weighted by Gasteiger charge is -2.20. The smallest absolute Gasteiger partial charge is 0.412 e. The van der Waals surface area contributed by atoms with Gasteiger partial charge in [-0.25, -0.2) is 13.6 Å². The van der Waals surface area contributed by atoms with Crippen LogP contribution in [0.5, 0.6) is 5.75 Å². The van der Waals surface area contributed by atoms with E-state index in [9.17, 15) is 18.0 Å². The molecule has 0 saturated carbocycles. The van der Waals surface area contributed by atoms with Crippen LogP contribution in [0.1, 0.15) is 20.8 Å². The highest BCUT2D eigenvalue weighted by Gasteiger charge is 2.23. The number of anilines is 1. The van der Waals surface area contributed by atoms with Crippen LogP contribution < -0.4 is 5.32 Å². The van der Waals surface area contributed by atoms with Crippen LogP contribution in [0.3, 0.4) is 0 Å². The topological polar surface area (TPSA) is 58.6 Å². The van der Waals surface area contributed by atoms with Gasteiger partial charge in [-0.1, -0.05) is 0 Å². The van der Waals surface area contributed by atoms with Crippen LogP contribution in [0.4, 0.5) is 23.7 Å². The molecule has 1 amide bonds. The fourth-order valence-corrected chi connectivity index (χ4v) is 1.10. The molecule has 0 aliphatic heterocycles. The van der Waals surface area contributed by atoms with Gasteiger partial charge in [-0.15, -0.1) is 0 Å². The van der Waals surface area contributed by atoms with Crippen molar-refractivity contribution >= 4 is 11.8 Å². The lowest BCUT2D eigenvalue weighted by atomic mass is 10.2. The summed E-state index contributed by atoms with van der Waals surface area (Å²) in [7, 11) is 0. The summed E-state index contributed by atoms with van der Waals surface area (Å²) >= 11 is 0. The second-order valence-corrected chi connectivity index (χ2v) is 4.51. The first kappa shape index (κ1) is 14.1. The Kier molecular flexibility index (Phi) is 3.73. The molecule has 0 aliphatic carbocycles. The molecular formula is C11H12F3NO3. The minimum atomic E-state index is -1.70. The molecule has 0 heterocycles. The molecule has 1 aromatic rings. The predicted octanol–water partition coefficient (Wildman–Crippen LogP) is 3.16. The van der Waals surface area contributed by atoms with Gasteiger partial charge >= 0.3 is 6.09 Å². The van der Waals surface area contributed by atoms with E-state index in [1.165, 1.54) is 0 Å². The van der Waals surface area contributed by atoms with Crippen molar-refractivity contribution in [3.8, 4) is 5.75 Å². The number of ether oxygens (including phenoxy) is 1. The van der Waals surface area contributed by atoms with Crippen LogP contribution in [-0.4, -0.2) is 16.8 Å². The molecule has 1 rings (SSSR count). The van der Waals surface area contributed by atoms with Gasteiger partial charge in [0.1, 0.15) is 11.3 Å². The quantitative estimate of drug-likeness (QED) is 0.604. The zero-order valence-electron chi connectivity index (χ0n) is 9.97. The molecule has 1 aromatic carbocycles. The molecular weight excluding hydrogens is 251 g/mol. The Morgan fingerprint density at radius 1 is 1.28 bits per heavy atom. The van der Waals surface area contributed by atoms with E-state index in [0.29, 0.717) is 6.07 Å². The summed E-state index contributed by atoms with van der Waals surface area (Å²) in [6.45, 7) is 4.66. The van der Waals surface area contributed by atoms with E-state index < -0.39 is 40.6 Å². The van der Waals surface area contributed by atoms with Gasteiger partial charge in [0.15, 0.2) is 17.4 Å². The van der Waals surface area contributed by atoms with Gasteiger partial charge in [-0.05, 0) is 20.8 Å². The van der Waals surface area contributed by atoms with Crippen molar-refractivity contribution in [2.75, 3.05) is 5.32 Å². The number of carbonyl (C=O) groups excluding carboxylic acids is 1. The minimum absolute atomic E-state index is 0.352. The maximum Gasteiger partial charge on any atom is 0.412 e. The normalized spacial score (nSPS) is 11.2. The summed E-state index contributed by atoms with van der Waals surface area (Å²) < 4.78 is 44.2. The Bertz CT molecular complexity index is 483. The van der Waals surface area contributed by atoms with Crippen LogP contribution in [0.15, 0.2) is 6.07 Å². The monoisotopic (exact) mass is 263 g/mol. The molecule has 0 spiro atoms. The third-order valence-electron chi connectivity index (χ3n) is 1.77. The first-order valence-electron chi connectivity index (χ1n) is 4.98. The molecule has 7 heteroatoms. The van der Waals surface area contributed by atoms with Crippen molar-refractivity contribution in [2.24, 2.45) is 0 Å². The largest absolute Gasteiger partial charge is 0.505 e. The SMILES string of the molecule is CC(C)(C)OC(=O)Nc1c(F)cc(O)c(F)c1F. The molecule has 2 N–H and O–H groups in total. The molecule has 4 nitrogen and oxygen atoms in total. The number of carbonyl (C=O) groups is 1. The number of hydrogen-bond acceptors (Lipinski definition) is 3. The van der Waals surface area contributed by atoms with E-state index in [4.69, 9.17) is 9.84 Å². The van der Waals surface area contributed by atoms with Crippen molar-refractivity contribution in [2.45, 2.75) is 26.4 Å². The van der Waals surface area contributed by atoms with E-state index in [1.807, 2.05) is 0 Å². The van der Waals surface area contributed by atoms with E-state index >= 15 is 0 Å². The molecule has 0 unspecified atom stereocenters. The molecule has 0 aliphatic rings. The fourth-order valence-electron chi connectivity index (χ4n) is 1.10. The van der Waals surface area contributed by atoms with Gasteiger partial charge in [-0.3, -0.25) is 5.32 Å². The average Bonchev–Trinajstić information content (AvgIpc) is 2.19. The molecule has 0 aromatic heterocycles. The summed E-state index contributed by atoms with van der Waals surface area (Å²) in [5.41, 5.74) is -1.88. The molecule has 0 atom stereocenters. The summed E-state index contributed by atoms with van der Waals surface area (Å²) in [5, 5.41) is 10.6. The molecule has 100 valence electrons. The van der Waals surface area contributed by atoms with Gasteiger partial charge in [0.2, 0.25) is 5.82 Å². The number of nitrogens with one attached hydrogen (secondary N) is 1. The number of rotatable bonds is 1. The Morgan fingerprint density at radius 3 is 2.33 bits per heavy atom. The summed E-state index contributed by atoms with van der Waals surface area (Å²) in [4.78, 5) is 11.3. The second-order valence-electron chi connectivity index (χ2n) is 4.51. The maximum atomic E-state index is 13.3. The van der Waals surface area contributed by atoms with Crippen molar-refractivity contribution in [3.63, 3.8) is 0 Å². The number of benzene rings is 1. The molecule has 0 fully saturated rings. The standard InChI is InChI=1S/C11H12F3NO3/c1-11(2,3)18-10(17)15-9-5(12)4-6(16)7(13)8(9)14/h4,16H,1-3H3,(H,15,17). The van der Waals surface area contributed by atoms with Crippen molar-refractivity contribution in [1.29, 1.82) is 0 Å². The lowest BCUT2D eigenvalue weighted by molar-refractivity contribution is 0.0634. The highest BCUT2D eigenvalue weighted by molar-refractivity contribution is 5.85. The third kappa shape index (κ3) is 3.28. The zero-order valence-corrected chi connectivity index (χ0v) is 9.97. The fraction of sp³-hybridized carbons (Fsp3) is 0.364. The number of aromatic hydroxyl groups is 1. The van der Waals surface area contributed by atoms with Gasteiger partial charge in [-0.2, -0.15) is 4.39 Å². The summed E-state index contributed by atoms with van der Waals surface area (Å²) in [6, 6.07) is 0.352. The van der Waals surface area contributed by atoms with Gasteiger partial charge < -0.3 is 9.84 Å². The van der Waals surface area contributed by atoms with Crippen molar-refractivity contribution in [3.05, 3.63) is 23.5 Å². The van der Waals surface area contributed by atoms with Gasteiger partial charge in [0, 0.05) is 6.07 Å². The van der Waals surface area contributed by atoms with E-state index in [-0.39, 0.29) is 0 Å². The molecule has 0 bridgehead atoms. The number of phenolic OH excluding ortho intramolecular Hbond substituents is 1. The van der Waals surface area contributed by atoms with E-state index in [0.717, 1.165) is 0 Å². The maximum absolute atomic E-state index is 13.3. The van der Waals surface area contributed by atoms with E-state index in [2.05, 4.69) is 0 Å². The van der Waals surface area contributed by atoms with Crippen LogP contribution in [-0.2, 0) is 4.74 Å².